The lowest BCUT2D eigenvalue weighted by atomic mass is 9.95. The van der Waals surface area contributed by atoms with Gasteiger partial charge in [0.25, 0.3) is 0 Å². The second kappa shape index (κ2) is 22.6. The van der Waals surface area contributed by atoms with Crippen molar-refractivity contribution in [3.8, 4) is 0 Å². The predicted molar refractivity (Wildman–Crippen MR) is 142 cm³/mol. The van der Waals surface area contributed by atoms with E-state index in [0.717, 1.165) is 36.7 Å². The van der Waals surface area contributed by atoms with Gasteiger partial charge >= 0.3 is 12.1 Å². The normalized spacial score (nSPS) is 17.5. The molecule has 0 unspecified atom stereocenters. The van der Waals surface area contributed by atoms with Gasteiger partial charge in [-0.25, -0.2) is 4.79 Å². The van der Waals surface area contributed by atoms with Gasteiger partial charge < -0.3 is 33.7 Å². The van der Waals surface area contributed by atoms with Crippen LogP contribution in [-0.2, 0) is 38.0 Å². The summed E-state index contributed by atoms with van der Waals surface area (Å²) in [5, 5.41) is 3.67. The first kappa shape index (κ1) is 33.6. The lowest BCUT2D eigenvalue weighted by Crippen LogP contribution is -2.38. The Hall–Kier alpha value is -1.40. The fraction of sp³-hybridized carbons (Fsp3) is 0.885. The number of carbonyl (C=O) groups is 3. The Morgan fingerprint density at radius 2 is 1.22 bits per heavy atom. The molecule has 1 amide bonds. The second-order valence-corrected chi connectivity index (χ2v) is 10.6. The fourth-order valence-corrected chi connectivity index (χ4v) is 4.65. The zero-order valence-electron chi connectivity index (χ0n) is 22.8. The SMILES string of the molecule is CCSC1CCC(NC(=O)OCCOCCOCCOCCOCCOC(=O)CCC(=O)C(C)C)CC1. The minimum Gasteiger partial charge on any atom is -0.463 e. The molecule has 1 saturated carbocycles. The van der Waals surface area contributed by atoms with Crippen LogP contribution in [0.1, 0.15) is 59.3 Å². The van der Waals surface area contributed by atoms with Crippen molar-refractivity contribution in [3.63, 3.8) is 0 Å². The zero-order valence-corrected chi connectivity index (χ0v) is 23.7. The van der Waals surface area contributed by atoms with E-state index in [2.05, 4.69) is 12.2 Å². The largest absolute Gasteiger partial charge is 0.463 e. The molecule has 0 aromatic heterocycles. The first-order chi connectivity index (χ1) is 17.9. The van der Waals surface area contributed by atoms with Crippen LogP contribution in [0.15, 0.2) is 0 Å². The van der Waals surface area contributed by atoms with Gasteiger partial charge in [-0.05, 0) is 31.4 Å². The number of ether oxygens (including phenoxy) is 6. The molecule has 0 saturated heterocycles. The topological polar surface area (TPSA) is 119 Å². The summed E-state index contributed by atoms with van der Waals surface area (Å²) < 4.78 is 31.7. The molecule has 216 valence electrons. The number of ketones is 1. The highest BCUT2D eigenvalue weighted by Crippen LogP contribution is 2.28. The lowest BCUT2D eigenvalue weighted by Gasteiger charge is -2.28. The van der Waals surface area contributed by atoms with Crippen LogP contribution in [-0.4, -0.2) is 101 Å². The van der Waals surface area contributed by atoms with Gasteiger partial charge in [-0.2, -0.15) is 11.8 Å². The van der Waals surface area contributed by atoms with E-state index in [4.69, 9.17) is 28.4 Å². The van der Waals surface area contributed by atoms with E-state index in [1.807, 2.05) is 25.6 Å². The van der Waals surface area contributed by atoms with Crippen LogP contribution >= 0.6 is 11.8 Å². The Labute approximate surface area is 226 Å². The van der Waals surface area contributed by atoms with Crippen molar-refractivity contribution in [2.75, 3.05) is 71.8 Å². The quantitative estimate of drug-likeness (QED) is 0.159. The van der Waals surface area contributed by atoms with Gasteiger partial charge in [-0.1, -0.05) is 20.8 Å². The van der Waals surface area contributed by atoms with E-state index in [9.17, 15) is 14.4 Å². The minimum absolute atomic E-state index is 0.0574. The maximum atomic E-state index is 11.9. The summed E-state index contributed by atoms with van der Waals surface area (Å²) in [5.74, 6) is 0.752. The van der Waals surface area contributed by atoms with Crippen molar-refractivity contribution < 1.29 is 42.8 Å². The molecule has 1 rings (SSSR count). The van der Waals surface area contributed by atoms with Crippen LogP contribution in [0.3, 0.4) is 0 Å². The molecular formula is C26H47NO9S. The maximum absolute atomic E-state index is 11.9. The summed E-state index contributed by atoms with van der Waals surface area (Å²) in [4.78, 5) is 34.9. The minimum atomic E-state index is -0.387. The van der Waals surface area contributed by atoms with Crippen molar-refractivity contribution in [2.24, 2.45) is 5.92 Å². The van der Waals surface area contributed by atoms with Gasteiger partial charge in [-0.15, -0.1) is 0 Å². The summed E-state index contributed by atoms with van der Waals surface area (Å²) in [5.41, 5.74) is 0. The second-order valence-electron chi connectivity index (χ2n) is 9.00. The Morgan fingerprint density at radius 1 is 0.730 bits per heavy atom. The van der Waals surface area contributed by atoms with Crippen LogP contribution in [0, 0.1) is 5.92 Å². The third-order valence-electron chi connectivity index (χ3n) is 5.69. The van der Waals surface area contributed by atoms with Crippen molar-refractivity contribution >= 4 is 29.6 Å². The number of esters is 1. The van der Waals surface area contributed by atoms with Gasteiger partial charge in [0, 0.05) is 23.6 Å². The van der Waals surface area contributed by atoms with Gasteiger partial charge in [0.15, 0.2) is 0 Å². The Morgan fingerprint density at radius 3 is 1.70 bits per heavy atom. The first-order valence-electron chi connectivity index (χ1n) is 13.5. The molecule has 1 aliphatic carbocycles. The Kier molecular flexibility index (Phi) is 20.5. The molecule has 1 N–H and O–H groups in total. The molecule has 0 heterocycles. The molecule has 0 bridgehead atoms. The molecule has 0 spiro atoms. The van der Waals surface area contributed by atoms with E-state index in [0.29, 0.717) is 46.2 Å². The number of alkyl carbamates (subject to hydrolysis) is 1. The van der Waals surface area contributed by atoms with Crippen LogP contribution in [0.2, 0.25) is 0 Å². The third kappa shape index (κ3) is 19.3. The third-order valence-corrected chi connectivity index (χ3v) is 6.96. The standard InChI is InChI=1S/C26H47NO9S/c1-4-37-23-7-5-22(6-8-23)27-26(30)36-20-18-34-16-14-32-12-11-31-13-15-33-17-19-35-25(29)10-9-24(28)21(2)3/h21-23H,4-20H2,1-3H3,(H,27,30). The smallest absolute Gasteiger partial charge is 0.407 e. The van der Waals surface area contributed by atoms with Crippen LogP contribution in [0.4, 0.5) is 4.79 Å². The number of hydrogen-bond donors (Lipinski definition) is 1. The van der Waals surface area contributed by atoms with Gasteiger partial charge in [-0.3, -0.25) is 9.59 Å². The van der Waals surface area contributed by atoms with Crippen molar-refractivity contribution in [3.05, 3.63) is 0 Å². The number of hydrogen-bond acceptors (Lipinski definition) is 10. The average molecular weight is 550 g/mol. The number of rotatable bonds is 22. The molecule has 0 aromatic carbocycles. The fourth-order valence-electron chi connectivity index (χ4n) is 3.57. The first-order valence-corrected chi connectivity index (χ1v) is 14.5. The van der Waals surface area contributed by atoms with E-state index >= 15 is 0 Å². The molecule has 0 atom stereocenters. The average Bonchev–Trinajstić information content (AvgIpc) is 2.88. The molecule has 10 nitrogen and oxygen atoms in total. The van der Waals surface area contributed by atoms with E-state index < -0.39 is 0 Å². The van der Waals surface area contributed by atoms with E-state index in [1.165, 1.54) is 0 Å². The summed E-state index contributed by atoms with van der Waals surface area (Å²) in [6.45, 7) is 9.31. The van der Waals surface area contributed by atoms with Gasteiger partial charge in [0.1, 0.15) is 19.0 Å². The highest BCUT2D eigenvalue weighted by atomic mass is 32.2. The molecule has 0 aromatic rings. The van der Waals surface area contributed by atoms with Gasteiger partial charge in [0.2, 0.25) is 0 Å². The van der Waals surface area contributed by atoms with Crippen molar-refractivity contribution in [1.82, 2.24) is 5.32 Å². The highest BCUT2D eigenvalue weighted by molar-refractivity contribution is 7.99. The molecule has 0 radical (unpaired) electrons. The highest BCUT2D eigenvalue weighted by Gasteiger charge is 2.22. The van der Waals surface area contributed by atoms with E-state index in [-0.39, 0.29) is 62.5 Å². The number of thioether (sulfide) groups is 1. The molecule has 0 aliphatic heterocycles. The number of amides is 1. The number of nitrogens with one attached hydrogen (secondary N) is 1. The Bertz CT molecular complexity index is 613. The summed E-state index contributed by atoms with van der Waals surface area (Å²) >= 11 is 2.01. The van der Waals surface area contributed by atoms with Crippen LogP contribution in [0.25, 0.3) is 0 Å². The Balaban J connectivity index is 1.78. The number of Topliss-reactive ketones (excluding diaryl/α,β-unsaturated/α-hetero) is 1. The van der Waals surface area contributed by atoms with Crippen LogP contribution < -0.4 is 5.32 Å². The molecule has 1 fully saturated rings. The summed E-state index contributed by atoms with van der Waals surface area (Å²) in [7, 11) is 0. The maximum Gasteiger partial charge on any atom is 0.407 e. The summed E-state index contributed by atoms with van der Waals surface area (Å²) in [6, 6.07) is 0.215. The molecule has 11 heteroatoms. The van der Waals surface area contributed by atoms with E-state index in [1.54, 1.807) is 0 Å². The molecule has 1 aliphatic rings. The monoisotopic (exact) mass is 549 g/mol. The van der Waals surface area contributed by atoms with Crippen molar-refractivity contribution in [1.29, 1.82) is 0 Å². The molecular weight excluding hydrogens is 502 g/mol. The van der Waals surface area contributed by atoms with Crippen LogP contribution in [0.5, 0.6) is 0 Å². The molecule has 37 heavy (non-hydrogen) atoms. The lowest BCUT2D eigenvalue weighted by molar-refractivity contribution is -0.146. The predicted octanol–water partition coefficient (Wildman–Crippen LogP) is 3.39. The van der Waals surface area contributed by atoms with Gasteiger partial charge in [0.05, 0.1) is 59.3 Å². The number of carbonyl (C=O) groups excluding carboxylic acids is 3. The summed E-state index contributed by atoms with van der Waals surface area (Å²) in [6.07, 6.45) is 4.27. The zero-order chi connectivity index (χ0) is 27.1. The van der Waals surface area contributed by atoms with Crippen molar-refractivity contribution in [2.45, 2.75) is 70.6 Å².